The Balaban J connectivity index is 2.17. The molecule has 1 N–H and O–H groups in total. The summed E-state index contributed by atoms with van der Waals surface area (Å²) >= 11 is 0. The Morgan fingerprint density at radius 3 is 2.79 bits per heavy atom. The van der Waals surface area contributed by atoms with Crippen LogP contribution in [0.25, 0.3) is 0 Å². The first kappa shape index (κ1) is 13.7. The van der Waals surface area contributed by atoms with Crippen LogP contribution in [-0.4, -0.2) is 16.8 Å². The van der Waals surface area contributed by atoms with Crippen molar-refractivity contribution in [1.82, 2.24) is 15.1 Å². The zero-order chi connectivity index (χ0) is 13.8. The number of aryl methyl sites for hydroxylation is 2. The van der Waals surface area contributed by atoms with Gasteiger partial charge in [0.15, 0.2) is 0 Å². The monoisotopic (exact) mass is 261 g/mol. The molecule has 2 aromatic rings. The highest BCUT2D eigenvalue weighted by molar-refractivity contribution is 5.27. The number of benzene rings is 1. The molecular formula is C15H20FN3. The molecule has 1 aromatic heterocycles. The second-order valence-electron chi connectivity index (χ2n) is 4.76. The Morgan fingerprint density at radius 1 is 1.42 bits per heavy atom. The van der Waals surface area contributed by atoms with Crippen molar-refractivity contribution in [2.24, 2.45) is 0 Å². The number of halogens is 1. The van der Waals surface area contributed by atoms with Crippen LogP contribution in [0, 0.1) is 12.7 Å². The van der Waals surface area contributed by atoms with E-state index in [2.05, 4.69) is 17.3 Å². The summed E-state index contributed by atoms with van der Waals surface area (Å²) < 4.78 is 15.5. The molecule has 0 aliphatic carbocycles. The molecule has 0 saturated heterocycles. The van der Waals surface area contributed by atoms with Crippen LogP contribution >= 0.6 is 0 Å². The average Bonchev–Trinajstić information content (AvgIpc) is 2.87. The van der Waals surface area contributed by atoms with Crippen molar-refractivity contribution in [3.8, 4) is 0 Å². The molecule has 1 atom stereocenters. The first-order valence-electron chi connectivity index (χ1n) is 6.58. The Labute approximate surface area is 113 Å². The molecule has 0 aliphatic heterocycles. The molecule has 0 bridgehead atoms. The van der Waals surface area contributed by atoms with Crippen molar-refractivity contribution < 1.29 is 4.39 Å². The van der Waals surface area contributed by atoms with Gasteiger partial charge in [0.1, 0.15) is 5.82 Å². The molecular weight excluding hydrogens is 241 g/mol. The Bertz CT molecular complexity index is 548. The Morgan fingerprint density at radius 2 is 2.21 bits per heavy atom. The third-order valence-electron chi connectivity index (χ3n) is 3.40. The second-order valence-corrected chi connectivity index (χ2v) is 4.76. The number of likely N-dealkylation sites (N-methyl/N-ethyl adjacent to an activating group) is 1. The van der Waals surface area contributed by atoms with Crippen LogP contribution in [0.2, 0.25) is 0 Å². The van der Waals surface area contributed by atoms with Crippen LogP contribution in [0.5, 0.6) is 0 Å². The van der Waals surface area contributed by atoms with E-state index in [4.69, 9.17) is 0 Å². The van der Waals surface area contributed by atoms with E-state index in [0.29, 0.717) is 5.56 Å². The fourth-order valence-electron chi connectivity index (χ4n) is 2.13. The molecule has 0 saturated carbocycles. The van der Waals surface area contributed by atoms with E-state index in [1.54, 1.807) is 13.0 Å². The topological polar surface area (TPSA) is 29.9 Å². The van der Waals surface area contributed by atoms with E-state index in [-0.39, 0.29) is 11.9 Å². The number of hydrogen-bond donors (Lipinski definition) is 1. The zero-order valence-corrected chi connectivity index (χ0v) is 11.7. The van der Waals surface area contributed by atoms with E-state index in [1.807, 2.05) is 36.3 Å². The van der Waals surface area contributed by atoms with Crippen LogP contribution in [0.4, 0.5) is 4.39 Å². The smallest absolute Gasteiger partial charge is 0.126 e. The first-order valence-corrected chi connectivity index (χ1v) is 6.58. The molecule has 1 aromatic carbocycles. The maximum atomic E-state index is 13.6. The van der Waals surface area contributed by atoms with Gasteiger partial charge in [-0.05, 0) is 50.1 Å². The minimum Gasteiger partial charge on any atom is -0.313 e. The van der Waals surface area contributed by atoms with Gasteiger partial charge in [-0.15, -0.1) is 0 Å². The van der Waals surface area contributed by atoms with Crippen LogP contribution in [0.1, 0.15) is 29.7 Å². The van der Waals surface area contributed by atoms with E-state index < -0.39 is 0 Å². The van der Waals surface area contributed by atoms with Crippen LogP contribution in [0.15, 0.2) is 30.6 Å². The number of nitrogens with zero attached hydrogens (tertiary/aromatic N) is 2. The number of hydrogen-bond acceptors (Lipinski definition) is 2. The van der Waals surface area contributed by atoms with E-state index in [1.165, 1.54) is 0 Å². The van der Waals surface area contributed by atoms with Gasteiger partial charge in [0.2, 0.25) is 0 Å². The minimum absolute atomic E-state index is 0.101. The first-order chi connectivity index (χ1) is 9.13. The standard InChI is InChI=1S/C15H20FN3/c1-4-19-10-12(9-18-19)7-15(17-3)13-6-5-11(2)14(16)8-13/h5-6,8-10,15,17H,4,7H2,1-3H3. The lowest BCUT2D eigenvalue weighted by molar-refractivity contribution is 0.573. The normalized spacial score (nSPS) is 12.6. The lowest BCUT2D eigenvalue weighted by Crippen LogP contribution is -2.19. The predicted molar refractivity (Wildman–Crippen MR) is 74.5 cm³/mol. The molecule has 4 heteroatoms. The SMILES string of the molecule is CCn1cc(CC(NC)c2ccc(C)c(F)c2)cn1. The fraction of sp³-hybridized carbons (Fsp3) is 0.400. The fourth-order valence-corrected chi connectivity index (χ4v) is 2.13. The van der Waals surface area contributed by atoms with E-state index in [9.17, 15) is 4.39 Å². The van der Waals surface area contributed by atoms with Gasteiger partial charge in [-0.3, -0.25) is 4.68 Å². The van der Waals surface area contributed by atoms with Gasteiger partial charge in [0.25, 0.3) is 0 Å². The maximum Gasteiger partial charge on any atom is 0.126 e. The molecule has 0 fully saturated rings. The summed E-state index contributed by atoms with van der Waals surface area (Å²) in [6.45, 7) is 4.70. The highest BCUT2D eigenvalue weighted by Gasteiger charge is 2.12. The molecule has 1 heterocycles. The van der Waals surface area contributed by atoms with Gasteiger partial charge in [-0.1, -0.05) is 12.1 Å². The highest BCUT2D eigenvalue weighted by Crippen LogP contribution is 2.20. The van der Waals surface area contributed by atoms with Crippen LogP contribution in [0.3, 0.4) is 0 Å². The summed E-state index contributed by atoms with van der Waals surface area (Å²) in [7, 11) is 1.90. The quantitative estimate of drug-likeness (QED) is 0.897. The van der Waals surface area contributed by atoms with E-state index >= 15 is 0 Å². The van der Waals surface area contributed by atoms with Gasteiger partial charge >= 0.3 is 0 Å². The minimum atomic E-state index is -0.151. The van der Waals surface area contributed by atoms with Gasteiger partial charge < -0.3 is 5.32 Å². The van der Waals surface area contributed by atoms with Gasteiger partial charge in [0.05, 0.1) is 6.20 Å². The molecule has 2 rings (SSSR count). The third-order valence-corrected chi connectivity index (χ3v) is 3.40. The number of nitrogens with one attached hydrogen (secondary N) is 1. The van der Waals surface area contributed by atoms with Crippen LogP contribution < -0.4 is 5.32 Å². The summed E-state index contributed by atoms with van der Waals surface area (Å²) in [6, 6.07) is 5.51. The Kier molecular flexibility index (Phi) is 4.32. The van der Waals surface area contributed by atoms with Crippen molar-refractivity contribution >= 4 is 0 Å². The summed E-state index contributed by atoms with van der Waals surface area (Å²) in [5.41, 5.74) is 2.80. The van der Waals surface area contributed by atoms with Crippen LogP contribution in [-0.2, 0) is 13.0 Å². The van der Waals surface area contributed by atoms with Crippen molar-refractivity contribution in [3.05, 3.63) is 53.1 Å². The molecule has 3 nitrogen and oxygen atoms in total. The summed E-state index contributed by atoms with van der Waals surface area (Å²) in [4.78, 5) is 0. The predicted octanol–water partition coefficient (Wildman–Crippen LogP) is 2.85. The van der Waals surface area contributed by atoms with Crippen molar-refractivity contribution in [3.63, 3.8) is 0 Å². The molecule has 0 radical (unpaired) electrons. The number of aromatic nitrogens is 2. The molecule has 0 aliphatic rings. The van der Waals surface area contributed by atoms with E-state index in [0.717, 1.165) is 24.1 Å². The lowest BCUT2D eigenvalue weighted by atomic mass is 9.99. The summed E-state index contributed by atoms with van der Waals surface area (Å²) in [6.07, 6.45) is 4.71. The third kappa shape index (κ3) is 3.20. The zero-order valence-electron chi connectivity index (χ0n) is 11.7. The second kappa shape index (κ2) is 5.97. The lowest BCUT2D eigenvalue weighted by Gasteiger charge is -2.16. The van der Waals surface area contributed by atoms with Crippen molar-refractivity contribution in [2.45, 2.75) is 32.9 Å². The highest BCUT2D eigenvalue weighted by atomic mass is 19.1. The molecule has 19 heavy (non-hydrogen) atoms. The van der Waals surface area contributed by atoms with Crippen molar-refractivity contribution in [2.75, 3.05) is 7.05 Å². The summed E-state index contributed by atoms with van der Waals surface area (Å²) in [5.74, 6) is -0.151. The Hall–Kier alpha value is -1.68. The van der Waals surface area contributed by atoms with Gasteiger partial charge in [-0.2, -0.15) is 5.10 Å². The molecule has 102 valence electrons. The molecule has 1 unspecified atom stereocenters. The summed E-state index contributed by atoms with van der Waals surface area (Å²) in [5, 5.41) is 7.50. The van der Waals surface area contributed by atoms with Crippen molar-refractivity contribution in [1.29, 1.82) is 0 Å². The molecule has 0 spiro atoms. The van der Waals surface area contributed by atoms with Gasteiger partial charge in [0, 0.05) is 18.8 Å². The average molecular weight is 261 g/mol. The largest absolute Gasteiger partial charge is 0.313 e. The number of rotatable bonds is 5. The van der Waals surface area contributed by atoms with Gasteiger partial charge in [-0.25, -0.2) is 4.39 Å². The molecule has 0 amide bonds. The maximum absolute atomic E-state index is 13.6.